The van der Waals surface area contributed by atoms with E-state index in [4.69, 9.17) is 17.1 Å². The van der Waals surface area contributed by atoms with Gasteiger partial charge >= 0.3 is 14.8 Å². The largest absolute Gasteiger partial charge is 0.512 e. The summed E-state index contributed by atoms with van der Waals surface area (Å²) in [6.45, 7) is 16.4. The zero-order chi connectivity index (χ0) is 17.3. The first-order chi connectivity index (χ1) is 10.2. The van der Waals surface area contributed by atoms with E-state index in [1.807, 2.05) is 6.92 Å². The number of carbonyl (C=O) groups excluding carboxylic acids is 1. The molecule has 0 radical (unpaired) electrons. The second-order valence-corrected chi connectivity index (χ2v) is 16.9. The van der Waals surface area contributed by atoms with Crippen LogP contribution in [0, 0.1) is 0 Å². The minimum Gasteiger partial charge on any atom is -0.455 e. The lowest BCUT2D eigenvalue weighted by molar-refractivity contribution is -0.141. The highest BCUT2D eigenvalue weighted by molar-refractivity contribution is 6.80. The molecule has 1 unspecified atom stereocenters. The molecule has 0 saturated carbocycles. The zero-order valence-corrected chi connectivity index (χ0v) is 19.7. The summed E-state index contributed by atoms with van der Waals surface area (Å²) >= 11 is 0. The summed E-state index contributed by atoms with van der Waals surface area (Å²) < 4.78 is 24.5. The van der Waals surface area contributed by atoms with E-state index in [0.717, 1.165) is 0 Å². The van der Waals surface area contributed by atoms with Crippen molar-refractivity contribution in [2.45, 2.75) is 65.3 Å². The molecular weight excluding hydrogens is 348 g/mol. The van der Waals surface area contributed by atoms with Gasteiger partial charge in [0.2, 0.25) is 0 Å². The molecular formula is C13H32O5Si4. The molecule has 0 bridgehead atoms. The fourth-order valence-electron chi connectivity index (χ4n) is 2.02. The van der Waals surface area contributed by atoms with Crippen LogP contribution < -0.4 is 0 Å². The number of allylic oxidation sites excluding steroid dienone is 1. The van der Waals surface area contributed by atoms with Gasteiger partial charge in [-0.15, -0.1) is 0 Å². The quantitative estimate of drug-likeness (QED) is 0.331. The summed E-state index contributed by atoms with van der Waals surface area (Å²) in [6, 6.07) is 0. The lowest BCUT2D eigenvalue weighted by Crippen LogP contribution is -2.62. The second-order valence-electron chi connectivity index (χ2n) is 5.94. The van der Waals surface area contributed by atoms with Gasteiger partial charge in [0, 0.05) is 6.08 Å². The number of rotatable bonds is 10. The van der Waals surface area contributed by atoms with Gasteiger partial charge in [-0.3, -0.25) is 0 Å². The molecule has 0 aromatic rings. The smallest absolute Gasteiger partial charge is 0.455 e. The predicted octanol–water partition coefficient (Wildman–Crippen LogP) is 2.36. The second kappa shape index (κ2) is 10.7. The van der Waals surface area contributed by atoms with Crippen LogP contribution in [-0.2, 0) is 21.9 Å². The molecule has 0 rings (SSSR count). The molecule has 0 aliphatic rings. The average molecular weight is 381 g/mol. The molecule has 0 aromatic heterocycles. The van der Waals surface area contributed by atoms with Gasteiger partial charge in [0.1, 0.15) is 0 Å². The minimum absolute atomic E-state index is 0.358. The Hall–Kier alpha value is -0.0425. The molecule has 0 N–H and O–H groups in total. The summed E-state index contributed by atoms with van der Waals surface area (Å²) in [5.74, 6) is -0.358. The topological polar surface area (TPSA) is 54.0 Å². The molecule has 0 heterocycles. The fraction of sp³-hybridized carbons (Fsp3) is 0.769. The predicted molar refractivity (Wildman–Crippen MR) is 101 cm³/mol. The Bertz CT molecular complexity index is 334. The van der Waals surface area contributed by atoms with Crippen LogP contribution in [0.15, 0.2) is 12.2 Å². The van der Waals surface area contributed by atoms with Crippen molar-refractivity contribution in [1.29, 1.82) is 0 Å². The van der Waals surface area contributed by atoms with Crippen LogP contribution in [-0.4, -0.2) is 47.6 Å². The van der Waals surface area contributed by atoms with Crippen LogP contribution >= 0.6 is 0 Å². The van der Waals surface area contributed by atoms with Gasteiger partial charge in [-0.05, 0) is 52.6 Å². The van der Waals surface area contributed by atoms with Gasteiger partial charge < -0.3 is 17.1 Å². The molecule has 1 atom stereocenters. The van der Waals surface area contributed by atoms with E-state index < -0.39 is 41.7 Å². The standard InChI is InChI=1S/C13H32O5Si4/c1-9-11-12(14)15-13(10-2)22(16-19(3)4,17-20(5)6)18-21(7)8/h9,11,13,19-21H,10H2,1-8H3/b11-9+. The van der Waals surface area contributed by atoms with Crippen LogP contribution in [0.1, 0.15) is 20.3 Å². The lowest BCUT2D eigenvalue weighted by atomic mass is 10.5. The first kappa shape index (κ1) is 22.0. The van der Waals surface area contributed by atoms with Crippen molar-refractivity contribution in [3.63, 3.8) is 0 Å². The Morgan fingerprint density at radius 2 is 1.41 bits per heavy atom. The monoisotopic (exact) mass is 380 g/mol. The maximum absolute atomic E-state index is 11.9. The Balaban J connectivity index is 5.55. The van der Waals surface area contributed by atoms with Gasteiger partial charge in [0.25, 0.3) is 0 Å². The maximum Gasteiger partial charge on any atom is 0.512 e. The van der Waals surface area contributed by atoms with Crippen LogP contribution in [0.25, 0.3) is 0 Å². The highest BCUT2D eigenvalue weighted by atomic mass is 28.5. The molecule has 0 spiro atoms. The average Bonchev–Trinajstić information content (AvgIpc) is 2.33. The molecule has 0 fully saturated rings. The Morgan fingerprint density at radius 3 is 1.68 bits per heavy atom. The van der Waals surface area contributed by atoms with Gasteiger partial charge in [0.05, 0.1) is 0 Å². The van der Waals surface area contributed by atoms with Gasteiger partial charge in [-0.25, -0.2) is 4.79 Å². The van der Waals surface area contributed by atoms with Crippen LogP contribution in [0.5, 0.6) is 0 Å². The van der Waals surface area contributed by atoms with E-state index in [1.165, 1.54) is 6.08 Å². The van der Waals surface area contributed by atoms with Crippen molar-refractivity contribution >= 4 is 41.9 Å². The minimum atomic E-state index is -3.00. The van der Waals surface area contributed by atoms with E-state index in [1.54, 1.807) is 13.0 Å². The molecule has 0 aliphatic carbocycles. The first-order valence-corrected chi connectivity index (χ1v) is 18.2. The van der Waals surface area contributed by atoms with Gasteiger partial charge in [0.15, 0.2) is 32.8 Å². The Kier molecular flexibility index (Phi) is 10.7. The third-order valence-corrected chi connectivity index (χ3v) is 13.4. The molecule has 130 valence electrons. The normalized spacial score (nSPS) is 14.3. The van der Waals surface area contributed by atoms with E-state index >= 15 is 0 Å². The highest BCUT2D eigenvalue weighted by Crippen LogP contribution is 2.24. The van der Waals surface area contributed by atoms with Crippen LogP contribution in [0.4, 0.5) is 0 Å². The molecule has 22 heavy (non-hydrogen) atoms. The third-order valence-electron chi connectivity index (χ3n) is 2.53. The van der Waals surface area contributed by atoms with Crippen molar-refractivity contribution < 1.29 is 21.9 Å². The first-order valence-electron chi connectivity index (χ1n) is 8.03. The summed E-state index contributed by atoms with van der Waals surface area (Å²) in [7, 11) is -7.19. The Morgan fingerprint density at radius 1 is 1.00 bits per heavy atom. The van der Waals surface area contributed by atoms with Crippen molar-refractivity contribution in [1.82, 2.24) is 0 Å². The van der Waals surface area contributed by atoms with Gasteiger partial charge in [-0.2, -0.15) is 0 Å². The van der Waals surface area contributed by atoms with Crippen LogP contribution in [0.3, 0.4) is 0 Å². The fourth-order valence-corrected chi connectivity index (χ4v) is 14.7. The molecule has 0 saturated heterocycles. The molecule has 9 heteroatoms. The molecule has 0 aromatic carbocycles. The SMILES string of the molecule is C/C=C/C(=O)OC(CC)[Si](O[SiH](C)C)(O[SiH](C)C)O[SiH](C)C. The Labute approximate surface area is 141 Å². The molecule has 0 aliphatic heterocycles. The van der Waals surface area contributed by atoms with E-state index in [-0.39, 0.29) is 5.97 Å². The third kappa shape index (κ3) is 7.99. The maximum atomic E-state index is 11.9. The van der Waals surface area contributed by atoms with Crippen molar-refractivity contribution in [3.05, 3.63) is 12.2 Å². The van der Waals surface area contributed by atoms with E-state index in [0.29, 0.717) is 6.42 Å². The lowest BCUT2D eigenvalue weighted by Gasteiger charge is -2.39. The van der Waals surface area contributed by atoms with Crippen LogP contribution in [0.2, 0.25) is 39.3 Å². The number of ether oxygens (including phenoxy) is 1. The molecule has 5 nitrogen and oxygen atoms in total. The summed E-state index contributed by atoms with van der Waals surface area (Å²) in [6.07, 6.45) is 3.74. The van der Waals surface area contributed by atoms with Crippen molar-refractivity contribution in [3.8, 4) is 0 Å². The van der Waals surface area contributed by atoms with E-state index in [9.17, 15) is 4.79 Å². The number of hydrogen-bond acceptors (Lipinski definition) is 5. The van der Waals surface area contributed by atoms with Gasteiger partial charge in [-0.1, -0.05) is 13.0 Å². The molecule has 0 amide bonds. The number of hydrogen-bond donors (Lipinski definition) is 0. The summed E-state index contributed by atoms with van der Waals surface area (Å²) in [5, 5.41) is 0. The van der Waals surface area contributed by atoms with Crippen molar-refractivity contribution in [2.24, 2.45) is 0 Å². The summed E-state index contributed by atoms with van der Waals surface area (Å²) in [5.41, 5.74) is -0.420. The number of esters is 1. The zero-order valence-electron chi connectivity index (χ0n) is 15.2. The highest BCUT2D eigenvalue weighted by Gasteiger charge is 2.52. The number of carbonyl (C=O) groups is 1. The summed E-state index contributed by atoms with van der Waals surface area (Å²) in [4.78, 5) is 11.9. The van der Waals surface area contributed by atoms with Crippen molar-refractivity contribution in [2.75, 3.05) is 0 Å². The van der Waals surface area contributed by atoms with E-state index in [2.05, 4.69) is 39.3 Å².